The number of methoxy groups -OCH3 is 1. The van der Waals surface area contributed by atoms with E-state index in [1.54, 1.807) is 7.11 Å². The maximum atomic E-state index is 11.6. The molecule has 1 aromatic carbocycles. The quantitative estimate of drug-likeness (QED) is 0.839. The standard InChI is InChI=1S/C14H21NO3/c1-10-5-6-11(2)13(7-10)18-9-14(16)15-12(3)8-17-4/h5-7,12H,8-9H2,1-4H3,(H,15,16)/t12-/m1/s1. The normalized spacial score (nSPS) is 12.0. The fourth-order valence-electron chi connectivity index (χ4n) is 1.61. The van der Waals surface area contributed by atoms with E-state index in [0.717, 1.165) is 16.9 Å². The molecule has 0 aliphatic rings. The van der Waals surface area contributed by atoms with Gasteiger partial charge in [0.2, 0.25) is 0 Å². The van der Waals surface area contributed by atoms with Crippen molar-refractivity contribution in [3.63, 3.8) is 0 Å². The van der Waals surface area contributed by atoms with Gasteiger partial charge in [-0.2, -0.15) is 0 Å². The molecule has 0 heterocycles. The molecule has 0 unspecified atom stereocenters. The number of amides is 1. The minimum atomic E-state index is -0.138. The van der Waals surface area contributed by atoms with E-state index in [0.29, 0.717) is 6.61 Å². The number of benzene rings is 1. The van der Waals surface area contributed by atoms with Crippen LogP contribution in [0, 0.1) is 13.8 Å². The zero-order valence-electron chi connectivity index (χ0n) is 11.4. The molecule has 0 spiro atoms. The first-order valence-corrected chi connectivity index (χ1v) is 6.01. The second-order valence-corrected chi connectivity index (χ2v) is 4.48. The molecular formula is C14H21NO3. The lowest BCUT2D eigenvalue weighted by atomic mass is 10.1. The second kappa shape index (κ2) is 7.01. The highest BCUT2D eigenvalue weighted by molar-refractivity contribution is 5.77. The van der Waals surface area contributed by atoms with E-state index >= 15 is 0 Å². The molecule has 18 heavy (non-hydrogen) atoms. The van der Waals surface area contributed by atoms with Crippen LogP contribution in [0.2, 0.25) is 0 Å². The average Bonchev–Trinajstić information content (AvgIpc) is 2.30. The molecule has 1 aromatic rings. The summed E-state index contributed by atoms with van der Waals surface area (Å²) in [7, 11) is 1.61. The number of carbonyl (C=O) groups is 1. The molecule has 4 nitrogen and oxygen atoms in total. The Bertz CT molecular complexity index is 404. The van der Waals surface area contributed by atoms with Crippen LogP contribution >= 0.6 is 0 Å². The average molecular weight is 251 g/mol. The largest absolute Gasteiger partial charge is 0.483 e. The van der Waals surface area contributed by atoms with Crippen LogP contribution < -0.4 is 10.1 Å². The predicted molar refractivity (Wildman–Crippen MR) is 70.9 cm³/mol. The topological polar surface area (TPSA) is 47.6 Å². The number of carbonyl (C=O) groups excluding carboxylic acids is 1. The fraction of sp³-hybridized carbons (Fsp3) is 0.500. The predicted octanol–water partition coefficient (Wildman–Crippen LogP) is 1.83. The van der Waals surface area contributed by atoms with Crippen molar-refractivity contribution in [1.29, 1.82) is 0 Å². The Hall–Kier alpha value is -1.55. The molecule has 100 valence electrons. The second-order valence-electron chi connectivity index (χ2n) is 4.48. The molecule has 0 radical (unpaired) electrons. The fourth-order valence-corrected chi connectivity index (χ4v) is 1.61. The van der Waals surface area contributed by atoms with Crippen molar-refractivity contribution in [3.05, 3.63) is 29.3 Å². The van der Waals surface area contributed by atoms with Crippen molar-refractivity contribution >= 4 is 5.91 Å². The molecule has 0 aliphatic carbocycles. The maximum Gasteiger partial charge on any atom is 0.258 e. The van der Waals surface area contributed by atoms with Crippen LogP contribution in [0.15, 0.2) is 18.2 Å². The summed E-state index contributed by atoms with van der Waals surface area (Å²) >= 11 is 0. The van der Waals surface area contributed by atoms with Gasteiger partial charge in [-0.15, -0.1) is 0 Å². The Morgan fingerprint density at radius 3 is 2.78 bits per heavy atom. The summed E-state index contributed by atoms with van der Waals surface area (Å²) in [6.45, 7) is 6.36. The van der Waals surface area contributed by atoms with Gasteiger partial charge in [0.05, 0.1) is 6.61 Å². The van der Waals surface area contributed by atoms with Crippen LogP contribution in [-0.4, -0.2) is 32.3 Å². The third-order valence-corrected chi connectivity index (χ3v) is 2.53. The summed E-state index contributed by atoms with van der Waals surface area (Å²) < 4.78 is 10.5. The van der Waals surface area contributed by atoms with E-state index in [2.05, 4.69) is 5.32 Å². The van der Waals surface area contributed by atoms with Crippen molar-refractivity contribution in [1.82, 2.24) is 5.32 Å². The number of aryl methyl sites for hydroxylation is 2. The van der Waals surface area contributed by atoms with Gasteiger partial charge in [-0.1, -0.05) is 12.1 Å². The monoisotopic (exact) mass is 251 g/mol. The first-order chi connectivity index (χ1) is 8.52. The zero-order valence-corrected chi connectivity index (χ0v) is 11.4. The molecule has 1 N–H and O–H groups in total. The van der Waals surface area contributed by atoms with Crippen LogP contribution in [0.5, 0.6) is 5.75 Å². The Kier molecular flexibility index (Phi) is 5.65. The van der Waals surface area contributed by atoms with Crippen LogP contribution in [-0.2, 0) is 9.53 Å². The summed E-state index contributed by atoms with van der Waals surface area (Å²) in [6, 6.07) is 5.92. The van der Waals surface area contributed by atoms with Crippen LogP contribution in [0.3, 0.4) is 0 Å². The van der Waals surface area contributed by atoms with Crippen molar-refractivity contribution in [2.75, 3.05) is 20.3 Å². The maximum absolute atomic E-state index is 11.6. The molecule has 1 atom stereocenters. The van der Waals surface area contributed by atoms with Crippen LogP contribution in [0.25, 0.3) is 0 Å². The first-order valence-electron chi connectivity index (χ1n) is 6.01. The number of hydrogen-bond acceptors (Lipinski definition) is 3. The summed E-state index contributed by atoms with van der Waals surface area (Å²) in [6.07, 6.45) is 0. The first kappa shape index (κ1) is 14.5. The summed E-state index contributed by atoms with van der Waals surface area (Å²) in [5, 5.41) is 2.80. The smallest absolute Gasteiger partial charge is 0.258 e. The van der Waals surface area contributed by atoms with Gasteiger partial charge in [0, 0.05) is 13.2 Å². The van der Waals surface area contributed by atoms with Gasteiger partial charge in [0.25, 0.3) is 5.91 Å². The van der Waals surface area contributed by atoms with E-state index in [1.807, 2.05) is 39.0 Å². The summed E-state index contributed by atoms with van der Waals surface area (Å²) in [4.78, 5) is 11.6. The lowest BCUT2D eigenvalue weighted by molar-refractivity contribution is -0.124. The van der Waals surface area contributed by atoms with Crippen molar-refractivity contribution in [2.24, 2.45) is 0 Å². The van der Waals surface area contributed by atoms with Gasteiger partial charge >= 0.3 is 0 Å². The molecule has 0 bridgehead atoms. The number of ether oxygens (including phenoxy) is 2. The lowest BCUT2D eigenvalue weighted by Crippen LogP contribution is -2.38. The SMILES string of the molecule is COC[C@@H](C)NC(=O)COc1cc(C)ccc1C. The molecule has 0 aromatic heterocycles. The van der Waals surface area contributed by atoms with Crippen LogP contribution in [0.1, 0.15) is 18.1 Å². The van der Waals surface area contributed by atoms with Crippen molar-refractivity contribution in [3.8, 4) is 5.75 Å². The molecular weight excluding hydrogens is 230 g/mol. The van der Waals surface area contributed by atoms with Crippen molar-refractivity contribution in [2.45, 2.75) is 26.8 Å². The number of rotatable bonds is 6. The molecule has 0 saturated heterocycles. The molecule has 1 amide bonds. The minimum absolute atomic E-state index is 0.00953. The van der Waals surface area contributed by atoms with Gasteiger partial charge in [0.15, 0.2) is 6.61 Å². The van der Waals surface area contributed by atoms with Crippen LogP contribution in [0.4, 0.5) is 0 Å². The van der Waals surface area contributed by atoms with Gasteiger partial charge in [-0.25, -0.2) is 0 Å². The molecule has 0 fully saturated rings. The van der Waals surface area contributed by atoms with E-state index < -0.39 is 0 Å². The van der Waals surface area contributed by atoms with E-state index in [9.17, 15) is 4.79 Å². The van der Waals surface area contributed by atoms with Gasteiger partial charge in [-0.3, -0.25) is 4.79 Å². The summed E-state index contributed by atoms with van der Waals surface area (Å²) in [5.74, 6) is 0.616. The van der Waals surface area contributed by atoms with E-state index in [-0.39, 0.29) is 18.6 Å². The van der Waals surface area contributed by atoms with E-state index in [4.69, 9.17) is 9.47 Å². The molecule has 1 rings (SSSR count). The van der Waals surface area contributed by atoms with Crippen molar-refractivity contribution < 1.29 is 14.3 Å². The highest BCUT2D eigenvalue weighted by Crippen LogP contribution is 2.18. The van der Waals surface area contributed by atoms with E-state index in [1.165, 1.54) is 0 Å². The third kappa shape index (κ3) is 4.75. The Labute approximate surface area is 108 Å². The Balaban J connectivity index is 2.45. The minimum Gasteiger partial charge on any atom is -0.483 e. The van der Waals surface area contributed by atoms with Gasteiger partial charge in [0.1, 0.15) is 5.75 Å². The number of hydrogen-bond donors (Lipinski definition) is 1. The third-order valence-electron chi connectivity index (χ3n) is 2.53. The molecule has 0 aliphatic heterocycles. The van der Waals surface area contributed by atoms with Gasteiger partial charge in [-0.05, 0) is 38.0 Å². The highest BCUT2D eigenvalue weighted by atomic mass is 16.5. The Morgan fingerprint density at radius 2 is 2.11 bits per heavy atom. The highest BCUT2D eigenvalue weighted by Gasteiger charge is 2.08. The Morgan fingerprint density at radius 1 is 1.39 bits per heavy atom. The lowest BCUT2D eigenvalue weighted by Gasteiger charge is -2.14. The van der Waals surface area contributed by atoms with Gasteiger partial charge < -0.3 is 14.8 Å². The molecule has 4 heteroatoms. The summed E-state index contributed by atoms with van der Waals surface area (Å²) in [5.41, 5.74) is 2.14. The molecule has 0 saturated carbocycles. The number of nitrogens with one attached hydrogen (secondary N) is 1. The zero-order chi connectivity index (χ0) is 13.5.